The van der Waals surface area contributed by atoms with E-state index in [9.17, 15) is 0 Å². The summed E-state index contributed by atoms with van der Waals surface area (Å²) >= 11 is 0. The molecule has 1 aliphatic carbocycles. The second-order valence-corrected chi connectivity index (χ2v) is 4.55. The standard InChI is InChI=1S/C18H18/c1-14(2)18(13-16-9-7-8-10-16)15(3)17-11-5-4-6-12-17/h4-13,16H,1,3H2,2H3/b18-13+. The van der Waals surface area contributed by atoms with Crippen molar-refractivity contribution in [3.63, 3.8) is 0 Å². The first kappa shape index (κ1) is 12.4. The van der Waals surface area contributed by atoms with Crippen LogP contribution in [0.5, 0.6) is 0 Å². The van der Waals surface area contributed by atoms with Gasteiger partial charge in [0.1, 0.15) is 0 Å². The fourth-order valence-electron chi connectivity index (χ4n) is 2.05. The summed E-state index contributed by atoms with van der Waals surface area (Å²) in [6.45, 7) is 10.3. The van der Waals surface area contributed by atoms with Crippen LogP contribution in [0.25, 0.3) is 5.57 Å². The van der Waals surface area contributed by atoms with Crippen LogP contribution >= 0.6 is 0 Å². The van der Waals surface area contributed by atoms with Gasteiger partial charge in [0.15, 0.2) is 0 Å². The van der Waals surface area contributed by atoms with Crippen LogP contribution < -0.4 is 0 Å². The molecule has 0 bridgehead atoms. The number of allylic oxidation sites excluding steroid dienone is 8. The molecule has 0 nitrogen and oxygen atoms in total. The van der Waals surface area contributed by atoms with Gasteiger partial charge in [-0.25, -0.2) is 0 Å². The van der Waals surface area contributed by atoms with E-state index in [1.54, 1.807) is 0 Å². The molecule has 0 aromatic heterocycles. The zero-order valence-corrected chi connectivity index (χ0v) is 10.8. The molecule has 2 rings (SSSR count). The van der Waals surface area contributed by atoms with E-state index in [2.05, 4.69) is 55.7 Å². The van der Waals surface area contributed by atoms with Gasteiger partial charge in [-0.15, -0.1) is 0 Å². The van der Waals surface area contributed by atoms with Crippen LogP contribution in [0.4, 0.5) is 0 Å². The van der Waals surface area contributed by atoms with Crippen molar-refractivity contribution in [2.75, 3.05) is 0 Å². The number of hydrogen-bond donors (Lipinski definition) is 0. The van der Waals surface area contributed by atoms with E-state index in [0.29, 0.717) is 5.92 Å². The predicted molar refractivity (Wildman–Crippen MR) is 80.1 cm³/mol. The molecule has 0 amide bonds. The Hall–Kier alpha value is -2.08. The third-order valence-electron chi connectivity index (χ3n) is 3.04. The molecule has 0 heteroatoms. The van der Waals surface area contributed by atoms with Gasteiger partial charge in [0.05, 0.1) is 0 Å². The second-order valence-electron chi connectivity index (χ2n) is 4.55. The molecular weight excluding hydrogens is 216 g/mol. The first-order valence-corrected chi connectivity index (χ1v) is 6.16. The fourth-order valence-corrected chi connectivity index (χ4v) is 2.05. The highest BCUT2D eigenvalue weighted by atomic mass is 14.1. The maximum Gasteiger partial charge on any atom is 0.0142 e. The normalized spacial score (nSPS) is 15.1. The molecule has 18 heavy (non-hydrogen) atoms. The van der Waals surface area contributed by atoms with Gasteiger partial charge >= 0.3 is 0 Å². The highest BCUT2D eigenvalue weighted by Gasteiger charge is 2.09. The van der Waals surface area contributed by atoms with Crippen LogP contribution in [0.2, 0.25) is 0 Å². The molecule has 0 spiro atoms. The molecule has 1 aromatic rings. The summed E-state index contributed by atoms with van der Waals surface area (Å²) in [5.41, 5.74) is 4.38. The van der Waals surface area contributed by atoms with Crippen LogP contribution in [0.3, 0.4) is 0 Å². The summed E-state index contributed by atoms with van der Waals surface area (Å²) in [6.07, 6.45) is 10.7. The van der Waals surface area contributed by atoms with E-state index in [1.807, 2.05) is 25.1 Å². The number of rotatable bonds is 4. The average Bonchev–Trinajstić information content (AvgIpc) is 2.89. The van der Waals surface area contributed by atoms with Gasteiger partial charge in [-0.2, -0.15) is 0 Å². The summed E-state index contributed by atoms with van der Waals surface area (Å²) in [4.78, 5) is 0. The van der Waals surface area contributed by atoms with Crippen LogP contribution in [-0.2, 0) is 0 Å². The van der Waals surface area contributed by atoms with Crippen LogP contribution in [0.15, 0.2) is 85.0 Å². The third kappa shape index (κ3) is 2.78. The summed E-state index contributed by atoms with van der Waals surface area (Å²) in [7, 11) is 0. The van der Waals surface area contributed by atoms with Crippen molar-refractivity contribution in [2.24, 2.45) is 5.92 Å². The fraction of sp³-hybridized carbons (Fsp3) is 0.111. The molecule has 0 heterocycles. The largest absolute Gasteiger partial charge is 0.0955 e. The highest BCUT2D eigenvalue weighted by molar-refractivity contribution is 5.81. The van der Waals surface area contributed by atoms with Crippen molar-refractivity contribution >= 4 is 5.57 Å². The van der Waals surface area contributed by atoms with Crippen molar-refractivity contribution in [3.8, 4) is 0 Å². The molecule has 1 aromatic carbocycles. The lowest BCUT2D eigenvalue weighted by Gasteiger charge is -2.13. The topological polar surface area (TPSA) is 0 Å². The van der Waals surface area contributed by atoms with E-state index in [0.717, 1.165) is 22.3 Å². The van der Waals surface area contributed by atoms with Crippen molar-refractivity contribution in [2.45, 2.75) is 6.92 Å². The quantitative estimate of drug-likeness (QED) is 0.647. The van der Waals surface area contributed by atoms with E-state index in [-0.39, 0.29) is 0 Å². The molecule has 1 aliphatic rings. The van der Waals surface area contributed by atoms with Gasteiger partial charge in [-0.1, -0.05) is 79.4 Å². The van der Waals surface area contributed by atoms with Crippen molar-refractivity contribution in [3.05, 3.63) is 90.6 Å². The minimum atomic E-state index is 0.358. The zero-order chi connectivity index (χ0) is 13.0. The third-order valence-corrected chi connectivity index (χ3v) is 3.04. The Kier molecular flexibility index (Phi) is 3.78. The maximum atomic E-state index is 4.21. The van der Waals surface area contributed by atoms with Crippen molar-refractivity contribution in [1.82, 2.24) is 0 Å². The van der Waals surface area contributed by atoms with Crippen LogP contribution in [0, 0.1) is 5.92 Å². The Morgan fingerprint density at radius 1 is 1.06 bits per heavy atom. The predicted octanol–water partition coefficient (Wildman–Crippen LogP) is 4.94. The maximum absolute atomic E-state index is 4.21. The number of hydrogen-bond acceptors (Lipinski definition) is 0. The van der Waals surface area contributed by atoms with Crippen LogP contribution in [-0.4, -0.2) is 0 Å². The molecule has 0 saturated heterocycles. The highest BCUT2D eigenvalue weighted by Crippen LogP contribution is 2.28. The van der Waals surface area contributed by atoms with Crippen LogP contribution in [0.1, 0.15) is 12.5 Å². The number of benzene rings is 1. The van der Waals surface area contributed by atoms with E-state index in [4.69, 9.17) is 0 Å². The summed E-state index contributed by atoms with van der Waals surface area (Å²) in [5.74, 6) is 0.358. The molecule has 0 fully saturated rings. The van der Waals surface area contributed by atoms with Gasteiger partial charge in [0.2, 0.25) is 0 Å². The molecular formula is C18H18. The molecule has 0 radical (unpaired) electrons. The summed E-state index contributed by atoms with van der Waals surface area (Å²) in [6, 6.07) is 10.3. The molecule has 0 atom stereocenters. The Morgan fingerprint density at radius 3 is 2.22 bits per heavy atom. The molecule has 0 aliphatic heterocycles. The smallest absolute Gasteiger partial charge is 0.0142 e. The minimum Gasteiger partial charge on any atom is -0.0955 e. The summed E-state index contributed by atoms with van der Waals surface area (Å²) < 4.78 is 0. The lowest BCUT2D eigenvalue weighted by Crippen LogP contribution is -1.94. The van der Waals surface area contributed by atoms with Gasteiger partial charge in [-0.05, 0) is 23.6 Å². The van der Waals surface area contributed by atoms with E-state index < -0.39 is 0 Å². The van der Waals surface area contributed by atoms with Crippen molar-refractivity contribution < 1.29 is 0 Å². The molecule has 0 saturated carbocycles. The molecule has 0 unspecified atom stereocenters. The Labute approximate surface area is 109 Å². The molecule has 0 N–H and O–H groups in total. The van der Waals surface area contributed by atoms with Gasteiger partial charge < -0.3 is 0 Å². The van der Waals surface area contributed by atoms with E-state index in [1.165, 1.54) is 0 Å². The zero-order valence-electron chi connectivity index (χ0n) is 10.8. The summed E-state index contributed by atoms with van der Waals surface area (Å²) in [5, 5.41) is 0. The van der Waals surface area contributed by atoms with Gasteiger partial charge in [-0.3, -0.25) is 0 Å². The van der Waals surface area contributed by atoms with Gasteiger partial charge in [0.25, 0.3) is 0 Å². The lowest BCUT2D eigenvalue weighted by molar-refractivity contribution is 1.08. The Morgan fingerprint density at radius 2 is 1.67 bits per heavy atom. The average molecular weight is 234 g/mol. The minimum absolute atomic E-state index is 0.358. The lowest BCUT2D eigenvalue weighted by atomic mass is 9.92. The molecule has 90 valence electrons. The Balaban J connectivity index is 2.31. The van der Waals surface area contributed by atoms with Crippen molar-refractivity contribution in [1.29, 1.82) is 0 Å². The first-order chi connectivity index (χ1) is 8.68. The van der Waals surface area contributed by atoms with Gasteiger partial charge in [0, 0.05) is 5.92 Å². The second kappa shape index (κ2) is 5.50. The first-order valence-electron chi connectivity index (χ1n) is 6.16. The van der Waals surface area contributed by atoms with E-state index >= 15 is 0 Å². The Bertz CT molecular complexity index is 527. The monoisotopic (exact) mass is 234 g/mol. The SMILES string of the molecule is C=C(C)/C(=C\C1C=CC=C1)C(=C)c1ccccc1.